The summed E-state index contributed by atoms with van der Waals surface area (Å²) in [6.07, 6.45) is 6.90. The largest absolute Gasteiger partial charge is 0.336 e. The first-order chi connectivity index (χ1) is 10.4. The molecular formula is C13H18ClN5O2S. The summed E-state index contributed by atoms with van der Waals surface area (Å²) in [6, 6.07) is -0.0881. The van der Waals surface area contributed by atoms with E-state index in [1.54, 1.807) is 30.8 Å². The molecule has 0 aliphatic carbocycles. The predicted molar refractivity (Wildman–Crippen MR) is 82.1 cm³/mol. The lowest BCUT2D eigenvalue weighted by molar-refractivity contribution is 0.352. The van der Waals surface area contributed by atoms with E-state index < -0.39 is 10.0 Å². The molecule has 1 saturated heterocycles. The van der Waals surface area contributed by atoms with Gasteiger partial charge in [-0.05, 0) is 19.8 Å². The molecule has 2 aromatic rings. The van der Waals surface area contributed by atoms with Gasteiger partial charge in [-0.3, -0.25) is 4.68 Å². The van der Waals surface area contributed by atoms with Crippen LogP contribution < -0.4 is 0 Å². The van der Waals surface area contributed by atoms with Crippen LogP contribution in [0.1, 0.15) is 18.5 Å². The van der Waals surface area contributed by atoms with Gasteiger partial charge in [0.25, 0.3) is 0 Å². The fraction of sp³-hybridized carbons (Fsp3) is 0.538. The zero-order valence-electron chi connectivity index (χ0n) is 12.5. The standard InChI is InChI=1S/C13H18ClN5O2S/c1-10-12(13(14)17(2)16-10)22(20,21)19-6-3-4-11(19)8-18-7-5-15-9-18/h5,7,9,11H,3-4,6,8H2,1-2H3. The lowest BCUT2D eigenvalue weighted by Gasteiger charge is -2.24. The summed E-state index contributed by atoms with van der Waals surface area (Å²) in [7, 11) is -2.01. The van der Waals surface area contributed by atoms with Crippen molar-refractivity contribution < 1.29 is 8.42 Å². The van der Waals surface area contributed by atoms with Crippen LogP contribution in [0.3, 0.4) is 0 Å². The van der Waals surface area contributed by atoms with Gasteiger partial charge in [-0.15, -0.1) is 0 Å². The molecule has 0 N–H and O–H groups in total. The maximum atomic E-state index is 13.0. The van der Waals surface area contributed by atoms with Gasteiger partial charge in [0.1, 0.15) is 10.0 Å². The molecule has 0 aromatic carbocycles. The summed E-state index contributed by atoms with van der Waals surface area (Å²) in [5, 5.41) is 4.27. The molecule has 120 valence electrons. The minimum absolute atomic E-state index is 0.0881. The average molecular weight is 344 g/mol. The molecule has 22 heavy (non-hydrogen) atoms. The van der Waals surface area contributed by atoms with Gasteiger partial charge in [-0.25, -0.2) is 13.4 Å². The van der Waals surface area contributed by atoms with Gasteiger partial charge in [0.2, 0.25) is 10.0 Å². The van der Waals surface area contributed by atoms with Gasteiger partial charge in [-0.1, -0.05) is 11.6 Å². The first-order valence-corrected chi connectivity index (χ1v) is 8.89. The molecule has 0 amide bonds. The van der Waals surface area contributed by atoms with Crippen LogP contribution in [-0.4, -0.2) is 44.6 Å². The van der Waals surface area contributed by atoms with Crippen molar-refractivity contribution >= 4 is 21.6 Å². The van der Waals surface area contributed by atoms with E-state index in [-0.39, 0.29) is 16.1 Å². The molecule has 3 rings (SSSR count). The third kappa shape index (κ3) is 2.55. The highest BCUT2D eigenvalue weighted by Gasteiger charge is 2.38. The average Bonchev–Trinajstić information content (AvgIpc) is 3.14. The Bertz CT molecular complexity index is 769. The molecule has 3 heterocycles. The zero-order valence-corrected chi connectivity index (χ0v) is 14.0. The van der Waals surface area contributed by atoms with Crippen LogP contribution in [0.25, 0.3) is 0 Å². The van der Waals surface area contributed by atoms with Crippen LogP contribution in [0.5, 0.6) is 0 Å². The Kier molecular flexibility index (Phi) is 4.00. The van der Waals surface area contributed by atoms with Gasteiger partial charge in [0, 0.05) is 38.6 Å². The monoisotopic (exact) mass is 343 g/mol. The number of aromatic nitrogens is 4. The summed E-state index contributed by atoms with van der Waals surface area (Å²) >= 11 is 6.15. The summed E-state index contributed by atoms with van der Waals surface area (Å²) < 4.78 is 30.8. The normalized spacial score (nSPS) is 19.9. The van der Waals surface area contributed by atoms with E-state index in [1.807, 2.05) is 10.8 Å². The fourth-order valence-electron chi connectivity index (χ4n) is 2.97. The molecule has 0 spiro atoms. The second-order valence-electron chi connectivity index (χ2n) is 5.50. The van der Waals surface area contributed by atoms with Crippen molar-refractivity contribution in [3.8, 4) is 0 Å². The molecule has 2 aromatic heterocycles. The van der Waals surface area contributed by atoms with Crippen LogP contribution in [0, 0.1) is 6.92 Å². The maximum Gasteiger partial charge on any atom is 0.248 e. The minimum atomic E-state index is -3.65. The predicted octanol–water partition coefficient (Wildman–Crippen LogP) is 1.43. The van der Waals surface area contributed by atoms with E-state index in [4.69, 9.17) is 11.6 Å². The van der Waals surface area contributed by atoms with Gasteiger partial charge >= 0.3 is 0 Å². The summed E-state index contributed by atoms with van der Waals surface area (Å²) in [5.41, 5.74) is 0.431. The highest BCUT2D eigenvalue weighted by atomic mass is 35.5. The Morgan fingerprint density at radius 1 is 1.45 bits per heavy atom. The Labute approximate surface area is 134 Å². The van der Waals surface area contributed by atoms with Crippen LogP contribution in [0.15, 0.2) is 23.6 Å². The molecule has 1 unspecified atom stereocenters. The van der Waals surface area contributed by atoms with Crippen molar-refractivity contribution in [2.45, 2.75) is 37.2 Å². The number of imidazole rings is 1. The van der Waals surface area contributed by atoms with Crippen molar-refractivity contribution in [2.24, 2.45) is 7.05 Å². The summed E-state index contributed by atoms with van der Waals surface area (Å²) in [4.78, 5) is 4.12. The van der Waals surface area contributed by atoms with Crippen LogP contribution in [0.4, 0.5) is 0 Å². The number of halogens is 1. The Balaban J connectivity index is 1.94. The quantitative estimate of drug-likeness (QED) is 0.841. The molecule has 0 bridgehead atoms. The summed E-state index contributed by atoms with van der Waals surface area (Å²) in [6.45, 7) is 2.77. The van der Waals surface area contributed by atoms with E-state index in [2.05, 4.69) is 10.1 Å². The minimum Gasteiger partial charge on any atom is -0.336 e. The number of hydrogen-bond acceptors (Lipinski definition) is 4. The highest BCUT2D eigenvalue weighted by Crippen LogP contribution is 2.32. The van der Waals surface area contributed by atoms with E-state index in [0.29, 0.717) is 18.8 Å². The van der Waals surface area contributed by atoms with Crippen molar-refractivity contribution in [2.75, 3.05) is 6.54 Å². The number of nitrogens with zero attached hydrogens (tertiary/aromatic N) is 5. The van der Waals surface area contributed by atoms with Gasteiger partial charge in [0.05, 0.1) is 12.0 Å². The topological polar surface area (TPSA) is 73.0 Å². The van der Waals surface area contributed by atoms with E-state index in [1.165, 1.54) is 4.68 Å². The van der Waals surface area contributed by atoms with Crippen molar-refractivity contribution in [1.82, 2.24) is 23.6 Å². The van der Waals surface area contributed by atoms with Crippen LogP contribution in [-0.2, 0) is 23.6 Å². The number of rotatable bonds is 4. The number of hydrogen-bond donors (Lipinski definition) is 0. The fourth-order valence-corrected chi connectivity index (χ4v) is 5.36. The molecule has 0 radical (unpaired) electrons. The SMILES string of the molecule is Cc1nn(C)c(Cl)c1S(=O)(=O)N1CCCC1Cn1ccnc1. The van der Waals surface area contributed by atoms with E-state index in [9.17, 15) is 8.42 Å². The first kappa shape index (κ1) is 15.5. The van der Waals surface area contributed by atoms with Crippen molar-refractivity contribution in [3.05, 3.63) is 29.6 Å². The Hall–Kier alpha value is -1.38. The number of sulfonamides is 1. The zero-order chi connectivity index (χ0) is 15.9. The molecule has 1 aliphatic rings. The molecule has 9 heteroatoms. The van der Waals surface area contributed by atoms with Crippen molar-refractivity contribution in [3.63, 3.8) is 0 Å². The van der Waals surface area contributed by atoms with E-state index in [0.717, 1.165) is 12.8 Å². The smallest absolute Gasteiger partial charge is 0.248 e. The number of aryl methyl sites for hydroxylation is 2. The maximum absolute atomic E-state index is 13.0. The lowest BCUT2D eigenvalue weighted by Crippen LogP contribution is -2.38. The van der Waals surface area contributed by atoms with Gasteiger partial charge in [-0.2, -0.15) is 9.40 Å². The molecule has 1 atom stereocenters. The third-order valence-electron chi connectivity index (χ3n) is 3.97. The van der Waals surface area contributed by atoms with Crippen molar-refractivity contribution in [1.29, 1.82) is 0 Å². The molecule has 1 fully saturated rings. The molecular weight excluding hydrogens is 326 g/mol. The van der Waals surface area contributed by atoms with Gasteiger partial charge in [0.15, 0.2) is 0 Å². The first-order valence-electron chi connectivity index (χ1n) is 7.08. The van der Waals surface area contributed by atoms with Crippen LogP contribution in [0.2, 0.25) is 5.15 Å². The van der Waals surface area contributed by atoms with E-state index >= 15 is 0 Å². The van der Waals surface area contributed by atoms with Gasteiger partial charge < -0.3 is 4.57 Å². The Morgan fingerprint density at radius 2 is 2.23 bits per heavy atom. The second kappa shape index (κ2) is 5.68. The molecule has 0 saturated carbocycles. The lowest BCUT2D eigenvalue weighted by atomic mass is 10.2. The summed E-state index contributed by atoms with van der Waals surface area (Å²) in [5.74, 6) is 0. The Morgan fingerprint density at radius 3 is 2.82 bits per heavy atom. The second-order valence-corrected chi connectivity index (χ2v) is 7.69. The van der Waals surface area contributed by atoms with Crippen LogP contribution >= 0.6 is 11.6 Å². The molecule has 7 nitrogen and oxygen atoms in total. The molecule has 1 aliphatic heterocycles. The third-order valence-corrected chi connectivity index (χ3v) is 6.62. The highest BCUT2D eigenvalue weighted by molar-refractivity contribution is 7.89.